The molecule has 0 aromatic carbocycles. The van der Waals surface area contributed by atoms with Crippen LogP contribution in [0.25, 0.3) is 0 Å². The summed E-state index contributed by atoms with van der Waals surface area (Å²) in [6.07, 6.45) is 5.67. The maximum absolute atomic E-state index is 6.15. The van der Waals surface area contributed by atoms with Crippen molar-refractivity contribution in [3.63, 3.8) is 0 Å². The Bertz CT molecular complexity index is 350. The van der Waals surface area contributed by atoms with Gasteiger partial charge in [0.05, 0.1) is 5.01 Å². The highest BCUT2D eigenvalue weighted by molar-refractivity contribution is 7.11. The maximum atomic E-state index is 6.15. The van der Waals surface area contributed by atoms with Crippen molar-refractivity contribution in [1.82, 2.24) is 10.3 Å². The van der Waals surface area contributed by atoms with Gasteiger partial charge in [0.2, 0.25) is 0 Å². The van der Waals surface area contributed by atoms with Crippen LogP contribution in [0.15, 0.2) is 6.20 Å². The van der Waals surface area contributed by atoms with Gasteiger partial charge in [-0.2, -0.15) is 0 Å². The first-order valence-electron chi connectivity index (χ1n) is 5.98. The first-order chi connectivity index (χ1) is 7.60. The molecule has 4 heteroatoms. The van der Waals surface area contributed by atoms with E-state index in [0.29, 0.717) is 11.5 Å². The third-order valence-electron chi connectivity index (χ3n) is 3.66. The molecule has 1 fully saturated rings. The van der Waals surface area contributed by atoms with Gasteiger partial charge in [-0.3, -0.25) is 0 Å². The van der Waals surface area contributed by atoms with Gasteiger partial charge in [-0.1, -0.05) is 13.3 Å². The van der Waals surface area contributed by atoms with E-state index in [-0.39, 0.29) is 0 Å². The topological polar surface area (TPSA) is 50.9 Å². The Morgan fingerprint density at radius 1 is 1.69 bits per heavy atom. The first kappa shape index (κ1) is 12.0. The van der Waals surface area contributed by atoms with Gasteiger partial charge >= 0.3 is 0 Å². The third-order valence-corrected chi connectivity index (χ3v) is 4.57. The number of rotatable bonds is 4. The van der Waals surface area contributed by atoms with Crippen molar-refractivity contribution in [3.8, 4) is 0 Å². The van der Waals surface area contributed by atoms with E-state index in [2.05, 4.69) is 17.2 Å². The zero-order valence-corrected chi connectivity index (χ0v) is 10.9. The molecule has 3 nitrogen and oxygen atoms in total. The zero-order valence-electron chi connectivity index (χ0n) is 10.1. The fourth-order valence-corrected chi connectivity index (χ4v) is 3.20. The summed E-state index contributed by atoms with van der Waals surface area (Å²) in [7, 11) is 0. The number of nitrogens with zero attached hydrogens (tertiary/aromatic N) is 1. The van der Waals surface area contributed by atoms with Gasteiger partial charge in [-0.05, 0) is 25.2 Å². The van der Waals surface area contributed by atoms with Crippen LogP contribution >= 0.6 is 11.3 Å². The van der Waals surface area contributed by atoms with Gasteiger partial charge in [0.25, 0.3) is 0 Å². The average molecular weight is 239 g/mol. The molecule has 0 saturated heterocycles. The quantitative estimate of drug-likeness (QED) is 0.845. The van der Waals surface area contributed by atoms with Crippen molar-refractivity contribution >= 4 is 11.3 Å². The fraction of sp³-hybridized carbons (Fsp3) is 0.750. The van der Waals surface area contributed by atoms with E-state index in [1.165, 1.54) is 24.1 Å². The molecule has 1 aromatic rings. The average Bonchev–Trinajstić information content (AvgIpc) is 2.76. The van der Waals surface area contributed by atoms with Gasteiger partial charge < -0.3 is 11.1 Å². The molecule has 2 atom stereocenters. The molecule has 0 bridgehead atoms. The van der Waals surface area contributed by atoms with Crippen LogP contribution in [-0.4, -0.2) is 17.6 Å². The molecule has 2 rings (SSSR count). The summed E-state index contributed by atoms with van der Waals surface area (Å²) in [5.74, 6) is 0. The molecule has 1 aliphatic rings. The first-order valence-corrected chi connectivity index (χ1v) is 6.79. The second kappa shape index (κ2) is 4.82. The molecule has 1 aromatic heterocycles. The Labute approximate surface area is 101 Å². The second-order valence-electron chi connectivity index (χ2n) is 5.10. The summed E-state index contributed by atoms with van der Waals surface area (Å²) in [5.41, 5.74) is 6.44. The summed E-state index contributed by atoms with van der Waals surface area (Å²) in [4.78, 5) is 5.57. The normalized spacial score (nSPS) is 29.8. The van der Waals surface area contributed by atoms with Crippen LogP contribution in [-0.2, 0) is 6.54 Å². The number of thiazole rings is 1. The number of hydrogen-bond acceptors (Lipinski definition) is 4. The van der Waals surface area contributed by atoms with E-state index in [4.69, 9.17) is 5.73 Å². The van der Waals surface area contributed by atoms with E-state index in [0.717, 1.165) is 18.1 Å². The molecular weight excluding hydrogens is 218 g/mol. The van der Waals surface area contributed by atoms with Crippen LogP contribution in [0.1, 0.15) is 36.1 Å². The Balaban J connectivity index is 1.79. The smallest absolute Gasteiger partial charge is 0.0897 e. The van der Waals surface area contributed by atoms with Crippen molar-refractivity contribution in [1.29, 1.82) is 0 Å². The lowest BCUT2D eigenvalue weighted by Crippen LogP contribution is -2.42. The van der Waals surface area contributed by atoms with Crippen molar-refractivity contribution in [2.45, 2.75) is 45.7 Å². The van der Waals surface area contributed by atoms with Crippen LogP contribution in [0.3, 0.4) is 0 Å². The molecule has 16 heavy (non-hydrogen) atoms. The maximum Gasteiger partial charge on any atom is 0.0897 e. The Kier molecular flexibility index (Phi) is 3.62. The highest BCUT2D eigenvalue weighted by atomic mass is 32.1. The lowest BCUT2D eigenvalue weighted by Gasteiger charge is -2.29. The van der Waals surface area contributed by atoms with Crippen molar-refractivity contribution in [3.05, 3.63) is 16.1 Å². The standard InChI is InChI=1S/C12H21N3S/c1-9-15-7-10(16-9)6-14-8-12(2)5-3-4-11(12)13/h7,11,14H,3-6,8,13H2,1-2H3. The van der Waals surface area contributed by atoms with Gasteiger partial charge in [0.1, 0.15) is 0 Å². The van der Waals surface area contributed by atoms with Gasteiger partial charge in [-0.25, -0.2) is 4.98 Å². The van der Waals surface area contributed by atoms with Gasteiger partial charge in [0, 0.05) is 30.2 Å². The minimum Gasteiger partial charge on any atom is -0.327 e. The highest BCUT2D eigenvalue weighted by Gasteiger charge is 2.35. The minimum absolute atomic E-state index is 0.291. The molecule has 0 spiro atoms. The van der Waals surface area contributed by atoms with Crippen molar-refractivity contribution in [2.75, 3.05) is 6.54 Å². The molecule has 0 aliphatic heterocycles. The molecule has 90 valence electrons. The Morgan fingerprint density at radius 3 is 3.06 bits per heavy atom. The van der Waals surface area contributed by atoms with E-state index < -0.39 is 0 Å². The molecule has 1 aliphatic carbocycles. The molecule has 2 unspecified atom stereocenters. The van der Waals surface area contributed by atoms with Crippen molar-refractivity contribution < 1.29 is 0 Å². The van der Waals surface area contributed by atoms with Crippen LogP contribution in [0, 0.1) is 12.3 Å². The van der Waals surface area contributed by atoms with E-state index in [1.54, 1.807) is 11.3 Å². The van der Waals surface area contributed by atoms with Crippen molar-refractivity contribution in [2.24, 2.45) is 11.1 Å². The van der Waals surface area contributed by atoms with Crippen LogP contribution in [0.5, 0.6) is 0 Å². The number of hydrogen-bond donors (Lipinski definition) is 2. The second-order valence-corrected chi connectivity index (χ2v) is 6.42. The largest absolute Gasteiger partial charge is 0.327 e. The summed E-state index contributed by atoms with van der Waals surface area (Å²) in [5, 5.41) is 4.66. The summed E-state index contributed by atoms with van der Waals surface area (Å²) >= 11 is 1.77. The number of aryl methyl sites for hydroxylation is 1. The van der Waals surface area contributed by atoms with Gasteiger partial charge in [-0.15, -0.1) is 11.3 Å². The molecule has 0 radical (unpaired) electrons. The van der Waals surface area contributed by atoms with E-state index >= 15 is 0 Å². The third kappa shape index (κ3) is 2.62. The lowest BCUT2D eigenvalue weighted by atomic mass is 9.85. The number of aromatic nitrogens is 1. The lowest BCUT2D eigenvalue weighted by molar-refractivity contribution is 0.277. The zero-order chi connectivity index (χ0) is 11.6. The Hall–Kier alpha value is -0.450. The molecule has 0 amide bonds. The predicted octanol–water partition coefficient (Wildman–Crippen LogP) is 2.06. The monoisotopic (exact) mass is 239 g/mol. The summed E-state index contributed by atoms with van der Waals surface area (Å²) in [6.45, 7) is 6.29. The summed E-state index contributed by atoms with van der Waals surface area (Å²) in [6, 6.07) is 0.364. The molecule has 3 N–H and O–H groups in total. The summed E-state index contributed by atoms with van der Waals surface area (Å²) < 4.78 is 0. The molecular formula is C12H21N3S. The highest BCUT2D eigenvalue weighted by Crippen LogP contribution is 2.35. The SMILES string of the molecule is Cc1ncc(CNCC2(C)CCCC2N)s1. The van der Waals surface area contributed by atoms with Crippen LogP contribution in [0.2, 0.25) is 0 Å². The number of nitrogens with one attached hydrogen (secondary N) is 1. The number of nitrogens with two attached hydrogens (primary N) is 1. The fourth-order valence-electron chi connectivity index (χ4n) is 2.44. The predicted molar refractivity (Wildman–Crippen MR) is 68.5 cm³/mol. The molecule has 1 saturated carbocycles. The van der Waals surface area contributed by atoms with Crippen LogP contribution < -0.4 is 11.1 Å². The molecule has 1 heterocycles. The van der Waals surface area contributed by atoms with E-state index in [9.17, 15) is 0 Å². The van der Waals surface area contributed by atoms with Crippen LogP contribution in [0.4, 0.5) is 0 Å². The van der Waals surface area contributed by atoms with Gasteiger partial charge in [0.15, 0.2) is 0 Å². The van der Waals surface area contributed by atoms with E-state index in [1.807, 2.05) is 13.1 Å². The Morgan fingerprint density at radius 2 is 2.50 bits per heavy atom. The minimum atomic E-state index is 0.291.